The van der Waals surface area contributed by atoms with Crippen molar-refractivity contribution in [3.8, 4) is 11.5 Å². The molecule has 5 heteroatoms. The molecule has 0 unspecified atom stereocenters. The Morgan fingerprint density at radius 1 is 1.50 bits per heavy atom. The van der Waals surface area contributed by atoms with Crippen LogP contribution in [0.15, 0.2) is 18.2 Å². The molecule has 0 fully saturated rings. The molecule has 0 atom stereocenters. The lowest BCUT2D eigenvalue weighted by atomic mass is 10.2. The van der Waals surface area contributed by atoms with Crippen molar-refractivity contribution in [2.45, 2.75) is 13.3 Å². The second-order valence-electron chi connectivity index (χ2n) is 3.86. The highest BCUT2D eigenvalue weighted by molar-refractivity contribution is 6.32. The van der Waals surface area contributed by atoms with E-state index in [9.17, 15) is 4.79 Å². The molecule has 1 aliphatic rings. The highest BCUT2D eigenvalue weighted by Crippen LogP contribution is 2.39. The van der Waals surface area contributed by atoms with Gasteiger partial charge < -0.3 is 14.8 Å². The Hall–Kier alpha value is -1.68. The van der Waals surface area contributed by atoms with Gasteiger partial charge in [-0.25, -0.2) is 0 Å². The Labute approximate surface area is 111 Å². The number of rotatable bonds is 4. The second kappa shape index (κ2) is 5.78. The molecule has 1 heterocycles. The number of amides is 1. The van der Waals surface area contributed by atoms with E-state index in [2.05, 4.69) is 5.32 Å². The van der Waals surface area contributed by atoms with Gasteiger partial charge in [0, 0.05) is 12.6 Å². The maximum atomic E-state index is 11.4. The Morgan fingerprint density at radius 2 is 2.33 bits per heavy atom. The van der Waals surface area contributed by atoms with Crippen LogP contribution in [0.3, 0.4) is 0 Å². The molecule has 0 saturated carbocycles. The summed E-state index contributed by atoms with van der Waals surface area (Å²) in [5.41, 5.74) is 0.802. The molecule has 1 aromatic carbocycles. The van der Waals surface area contributed by atoms with Gasteiger partial charge in [-0.2, -0.15) is 0 Å². The lowest BCUT2D eigenvalue weighted by Crippen LogP contribution is -2.21. The third-order valence-corrected chi connectivity index (χ3v) is 2.71. The first-order valence-corrected chi connectivity index (χ1v) is 6.13. The molecular formula is C13H14ClNO3. The molecule has 18 heavy (non-hydrogen) atoms. The lowest BCUT2D eigenvalue weighted by Gasteiger charge is -2.01. The predicted molar refractivity (Wildman–Crippen MR) is 69.9 cm³/mol. The molecule has 0 aliphatic carbocycles. The van der Waals surface area contributed by atoms with E-state index in [1.54, 1.807) is 18.2 Å². The first-order valence-electron chi connectivity index (χ1n) is 5.75. The molecule has 0 aromatic heterocycles. The van der Waals surface area contributed by atoms with Gasteiger partial charge in [0.2, 0.25) is 12.7 Å². The average Bonchev–Trinajstić information content (AvgIpc) is 2.82. The number of nitrogens with one attached hydrogen (secondary N) is 1. The standard InChI is InChI=1S/C13H14ClNO3/c1-2-5-15-12(16)4-3-9-6-10(14)13-11(7-9)17-8-18-13/h3-4,6-7H,2,5,8H2,1H3,(H,15,16). The van der Waals surface area contributed by atoms with Crippen LogP contribution in [0.1, 0.15) is 18.9 Å². The van der Waals surface area contributed by atoms with Crippen LogP contribution in [-0.4, -0.2) is 19.2 Å². The van der Waals surface area contributed by atoms with E-state index in [0.717, 1.165) is 12.0 Å². The van der Waals surface area contributed by atoms with E-state index in [4.69, 9.17) is 21.1 Å². The van der Waals surface area contributed by atoms with Crippen molar-refractivity contribution < 1.29 is 14.3 Å². The van der Waals surface area contributed by atoms with Crippen LogP contribution < -0.4 is 14.8 Å². The van der Waals surface area contributed by atoms with Gasteiger partial charge in [0.05, 0.1) is 5.02 Å². The largest absolute Gasteiger partial charge is 0.454 e. The van der Waals surface area contributed by atoms with Crippen molar-refractivity contribution in [1.29, 1.82) is 0 Å². The summed E-state index contributed by atoms with van der Waals surface area (Å²) < 4.78 is 10.5. The number of hydrogen-bond donors (Lipinski definition) is 1. The quantitative estimate of drug-likeness (QED) is 0.853. The zero-order valence-electron chi connectivity index (χ0n) is 10.0. The molecule has 0 spiro atoms. The van der Waals surface area contributed by atoms with Crippen LogP contribution in [0.25, 0.3) is 6.08 Å². The maximum Gasteiger partial charge on any atom is 0.243 e. The maximum absolute atomic E-state index is 11.4. The van der Waals surface area contributed by atoms with Crippen LogP contribution >= 0.6 is 11.6 Å². The summed E-state index contributed by atoms with van der Waals surface area (Å²) in [6.07, 6.45) is 4.08. The van der Waals surface area contributed by atoms with E-state index >= 15 is 0 Å². The summed E-state index contributed by atoms with van der Waals surface area (Å²) in [6, 6.07) is 3.52. The normalized spacial score (nSPS) is 13.0. The predicted octanol–water partition coefficient (Wildman–Crippen LogP) is 2.61. The summed E-state index contributed by atoms with van der Waals surface area (Å²) in [6.45, 7) is 2.85. The number of carbonyl (C=O) groups is 1. The fourth-order valence-electron chi connectivity index (χ4n) is 1.56. The third-order valence-electron chi connectivity index (χ3n) is 2.43. The third kappa shape index (κ3) is 2.96. The zero-order chi connectivity index (χ0) is 13.0. The van der Waals surface area contributed by atoms with Gasteiger partial charge in [-0.15, -0.1) is 0 Å². The van der Waals surface area contributed by atoms with E-state index in [1.165, 1.54) is 6.08 Å². The smallest absolute Gasteiger partial charge is 0.243 e. The van der Waals surface area contributed by atoms with Crippen LogP contribution in [0.4, 0.5) is 0 Å². The van der Waals surface area contributed by atoms with E-state index in [1.807, 2.05) is 6.92 Å². The molecule has 1 aromatic rings. The topological polar surface area (TPSA) is 47.6 Å². The summed E-state index contributed by atoms with van der Waals surface area (Å²) >= 11 is 6.03. The zero-order valence-corrected chi connectivity index (χ0v) is 10.8. The van der Waals surface area contributed by atoms with Crippen LogP contribution in [0.5, 0.6) is 11.5 Å². The molecule has 96 valence electrons. The van der Waals surface area contributed by atoms with Crippen molar-refractivity contribution in [3.05, 3.63) is 28.8 Å². The van der Waals surface area contributed by atoms with E-state index < -0.39 is 0 Å². The first-order chi connectivity index (χ1) is 8.70. The monoisotopic (exact) mass is 267 g/mol. The fraction of sp³-hybridized carbons (Fsp3) is 0.308. The molecule has 0 radical (unpaired) electrons. The fourth-order valence-corrected chi connectivity index (χ4v) is 1.84. The average molecular weight is 268 g/mol. The molecule has 0 saturated heterocycles. The number of fused-ring (bicyclic) bond motifs is 1. The number of benzene rings is 1. The minimum atomic E-state index is -0.120. The van der Waals surface area contributed by atoms with Crippen LogP contribution in [-0.2, 0) is 4.79 Å². The van der Waals surface area contributed by atoms with E-state index in [0.29, 0.717) is 23.1 Å². The van der Waals surface area contributed by atoms with Gasteiger partial charge in [-0.1, -0.05) is 18.5 Å². The van der Waals surface area contributed by atoms with Gasteiger partial charge in [0.15, 0.2) is 11.5 Å². The van der Waals surface area contributed by atoms with Gasteiger partial charge in [-0.3, -0.25) is 4.79 Å². The van der Waals surface area contributed by atoms with Crippen LogP contribution in [0, 0.1) is 0 Å². The molecule has 0 bridgehead atoms. The molecule has 4 nitrogen and oxygen atoms in total. The van der Waals surface area contributed by atoms with Crippen molar-refractivity contribution >= 4 is 23.6 Å². The first kappa shape index (κ1) is 12.8. The number of halogens is 1. The Morgan fingerprint density at radius 3 is 3.11 bits per heavy atom. The van der Waals surface area contributed by atoms with Crippen molar-refractivity contribution in [2.75, 3.05) is 13.3 Å². The summed E-state index contributed by atoms with van der Waals surface area (Å²) in [5.74, 6) is 1.05. The highest BCUT2D eigenvalue weighted by atomic mass is 35.5. The Bertz CT molecular complexity index is 485. The molecule has 1 N–H and O–H groups in total. The number of hydrogen-bond acceptors (Lipinski definition) is 3. The molecule has 1 aliphatic heterocycles. The van der Waals surface area contributed by atoms with Gasteiger partial charge >= 0.3 is 0 Å². The SMILES string of the molecule is CCCNC(=O)C=Cc1cc(Cl)c2c(c1)OCO2. The van der Waals surface area contributed by atoms with Crippen molar-refractivity contribution in [3.63, 3.8) is 0 Å². The van der Waals surface area contributed by atoms with Crippen LogP contribution in [0.2, 0.25) is 5.02 Å². The summed E-state index contributed by atoms with van der Waals surface area (Å²) in [7, 11) is 0. The Balaban J connectivity index is 2.08. The number of carbonyl (C=O) groups excluding carboxylic acids is 1. The van der Waals surface area contributed by atoms with Gasteiger partial charge in [-0.05, 0) is 30.2 Å². The minimum Gasteiger partial charge on any atom is -0.454 e. The second-order valence-corrected chi connectivity index (χ2v) is 4.27. The van der Waals surface area contributed by atoms with Gasteiger partial charge in [0.1, 0.15) is 0 Å². The Kier molecular flexibility index (Phi) is 4.10. The van der Waals surface area contributed by atoms with Gasteiger partial charge in [0.25, 0.3) is 0 Å². The summed E-state index contributed by atoms with van der Waals surface area (Å²) in [4.78, 5) is 11.4. The summed E-state index contributed by atoms with van der Waals surface area (Å²) in [5, 5.41) is 3.24. The highest BCUT2D eigenvalue weighted by Gasteiger charge is 2.17. The number of ether oxygens (including phenoxy) is 2. The minimum absolute atomic E-state index is 0.120. The molecule has 1 amide bonds. The van der Waals surface area contributed by atoms with Crippen molar-refractivity contribution in [2.24, 2.45) is 0 Å². The van der Waals surface area contributed by atoms with Crippen molar-refractivity contribution in [1.82, 2.24) is 5.32 Å². The van der Waals surface area contributed by atoms with E-state index in [-0.39, 0.29) is 12.7 Å². The lowest BCUT2D eigenvalue weighted by molar-refractivity contribution is -0.116. The molecular weight excluding hydrogens is 254 g/mol. The molecule has 2 rings (SSSR count).